The summed E-state index contributed by atoms with van der Waals surface area (Å²) in [5, 5.41) is 10.2. The van der Waals surface area contributed by atoms with E-state index < -0.39 is 23.4 Å². The van der Waals surface area contributed by atoms with E-state index in [1.54, 1.807) is 45.9 Å². The number of nitrogens with one attached hydrogen (secondary N) is 1. The molecule has 5 aromatic rings. The third-order valence-electron chi connectivity index (χ3n) is 6.41. The van der Waals surface area contributed by atoms with E-state index in [9.17, 15) is 18.0 Å². The van der Waals surface area contributed by atoms with Gasteiger partial charge >= 0.3 is 6.18 Å². The Bertz CT molecular complexity index is 1660. The van der Waals surface area contributed by atoms with Crippen molar-refractivity contribution in [3.63, 3.8) is 0 Å². The number of imidazole rings is 1. The fourth-order valence-electron chi connectivity index (χ4n) is 4.44. The van der Waals surface area contributed by atoms with Gasteiger partial charge in [0.1, 0.15) is 29.0 Å². The van der Waals surface area contributed by atoms with Crippen molar-refractivity contribution in [2.24, 2.45) is 0 Å². The second-order valence-corrected chi connectivity index (χ2v) is 9.45. The van der Waals surface area contributed by atoms with E-state index in [0.29, 0.717) is 17.4 Å². The zero-order valence-electron chi connectivity index (χ0n) is 20.4. The maximum atomic E-state index is 14.4. The molecule has 4 heterocycles. The van der Waals surface area contributed by atoms with E-state index in [1.807, 2.05) is 13.8 Å². The Morgan fingerprint density at radius 1 is 1.13 bits per heavy atom. The summed E-state index contributed by atoms with van der Waals surface area (Å²) in [5.74, 6) is -1.07. The minimum Gasteiger partial charge on any atom is -0.450 e. The molecule has 194 valence electrons. The number of hydrogen-bond acceptors (Lipinski definition) is 6. The Morgan fingerprint density at radius 3 is 2.66 bits per heavy atom. The lowest BCUT2D eigenvalue weighted by molar-refractivity contribution is -0.137. The van der Waals surface area contributed by atoms with Gasteiger partial charge in [-0.1, -0.05) is 12.1 Å². The number of carbonyl (C=O) groups excluding carboxylic acids is 1. The number of furan rings is 1. The number of hydrogen-bond donors (Lipinski definition) is 1. The predicted octanol–water partition coefficient (Wildman–Crippen LogP) is 6.00. The van der Waals surface area contributed by atoms with Crippen molar-refractivity contribution in [3.8, 4) is 17.2 Å². The van der Waals surface area contributed by atoms with Gasteiger partial charge in [0.25, 0.3) is 5.91 Å². The quantitative estimate of drug-likeness (QED) is 0.294. The number of nitrogens with zero attached hydrogens (tertiary/aromatic N) is 6. The van der Waals surface area contributed by atoms with Crippen molar-refractivity contribution in [1.82, 2.24) is 29.3 Å². The molecule has 0 saturated heterocycles. The minimum absolute atomic E-state index is 0.0447. The lowest BCUT2D eigenvalue weighted by Crippen LogP contribution is -2.18. The molecule has 6 rings (SSSR count). The average molecular weight is 522 g/mol. The summed E-state index contributed by atoms with van der Waals surface area (Å²) in [6.07, 6.45) is 1.93. The lowest BCUT2D eigenvalue weighted by Gasteiger charge is -2.11. The second kappa shape index (κ2) is 8.82. The fourth-order valence-corrected chi connectivity index (χ4v) is 4.44. The Balaban J connectivity index is 1.39. The summed E-state index contributed by atoms with van der Waals surface area (Å²) in [5.41, 5.74) is 0.247. The van der Waals surface area contributed by atoms with Crippen molar-refractivity contribution in [3.05, 3.63) is 72.3 Å². The van der Waals surface area contributed by atoms with Gasteiger partial charge in [-0.15, -0.1) is 10.2 Å². The molecule has 12 heteroatoms. The van der Waals surface area contributed by atoms with Gasteiger partial charge in [-0.2, -0.15) is 13.2 Å². The first-order chi connectivity index (χ1) is 18.2. The molecular formula is C26H22F3N7O2. The highest BCUT2D eigenvalue weighted by Crippen LogP contribution is 2.43. The van der Waals surface area contributed by atoms with E-state index >= 15 is 0 Å². The Kier molecular flexibility index (Phi) is 5.55. The van der Waals surface area contributed by atoms with E-state index in [4.69, 9.17) is 4.42 Å². The van der Waals surface area contributed by atoms with Gasteiger partial charge in [-0.05, 0) is 51.0 Å². The molecule has 4 aromatic heterocycles. The van der Waals surface area contributed by atoms with E-state index in [1.165, 1.54) is 18.5 Å². The van der Waals surface area contributed by atoms with Crippen LogP contribution < -0.4 is 5.32 Å². The van der Waals surface area contributed by atoms with E-state index in [2.05, 4.69) is 25.5 Å². The molecule has 1 fully saturated rings. The van der Waals surface area contributed by atoms with Crippen LogP contribution in [0.4, 0.5) is 19.0 Å². The molecule has 0 radical (unpaired) electrons. The molecule has 1 amide bonds. The Labute approximate surface area is 214 Å². The van der Waals surface area contributed by atoms with Gasteiger partial charge in [0.05, 0.1) is 23.1 Å². The molecule has 0 aliphatic heterocycles. The number of benzene rings is 1. The monoisotopic (exact) mass is 521 g/mol. The van der Waals surface area contributed by atoms with Crippen LogP contribution in [0, 0.1) is 0 Å². The summed E-state index contributed by atoms with van der Waals surface area (Å²) in [6, 6.07) is 9.35. The molecule has 0 unspecified atom stereocenters. The number of halogens is 3. The van der Waals surface area contributed by atoms with E-state index in [-0.39, 0.29) is 28.5 Å². The lowest BCUT2D eigenvalue weighted by atomic mass is 10.1. The van der Waals surface area contributed by atoms with Gasteiger partial charge in [0, 0.05) is 18.2 Å². The topological polar surface area (TPSA) is 104 Å². The molecule has 1 aliphatic rings. The predicted molar refractivity (Wildman–Crippen MR) is 132 cm³/mol. The first-order valence-electron chi connectivity index (χ1n) is 12.1. The number of aromatic nitrogens is 6. The summed E-state index contributed by atoms with van der Waals surface area (Å²) in [4.78, 5) is 21.9. The summed E-state index contributed by atoms with van der Waals surface area (Å²) < 4.78 is 52.1. The second-order valence-electron chi connectivity index (χ2n) is 9.45. The molecule has 1 aliphatic carbocycles. The summed E-state index contributed by atoms with van der Waals surface area (Å²) in [7, 11) is 0. The normalized spacial score (nSPS) is 13.9. The molecule has 1 N–H and O–H groups in total. The standard InChI is InChI=1S/C26H22F3N7O2/c1-14(2)36-13-31-34-24(36)16-5-3-8-20(32-16)33-25(37)23-22(26(27,28)29)21-18(6-4-7-19(21)38-23)35-11-17(30-12-35)15-9-10-15/h3-8,11-15H,9-10H2,1-2H3,(H,32,33,37). The molecule has 38 heavy (non-hydrogen) atoms. The van der Waals surface area contributed by atoms with Crippen molar-refractivity contribution in [2.45, 2.75) is 44.8 Å². The molecule has 9 nitrogen and oxygen atoms in total. The number of pyridine rings is 1. The Morgan fingerprint density at radius 2 is 1.92 bits per heavy atom. The maximum Gasteiger partial charge on any atom is 0.420 e. The van der Waals surface area contributed by atoms with Gasteiger partial charge in [0.15, 0.2) is 5.82 Å². The van der Waals surface area contributed by atoms with Crippen LogP contribution in [-0.4, -0.2) is 35.2 Å². The average Bonchev–Trinajstić information content (AvgIpc) is 3.28. The van der Waals surface area contributed by atoms with Gasteiger partial charge in [-0.3, -0.25) is 4.79 Å². The largest absolute Gasteiger partial charge is 0.450 e. The fraction of sp³-hybridized carbons (Fsp3) is 0.269. The van der Waals surface area contributed by atoms with Crippen LogP contribution >= 0.6 is 0 Å². The summed E-state index contributed by atoms with van der Waals surface area (Å²) >= 11 is 0. The van der Waals surface area contributed by atoms with Crippen LogP contribution in [-0.2, 0) is 6.18 Å². The van der Waals surface area contributed by atoms with Gasteiger partial charge < -0.3 is 18.9 Å². The van der Waals surface area contributed by atoms with Crippen LogP contribution in [0.25, 0.3) is 28.2 Å². The number of rotatable bonds is 6. The highest BCUT2D eigenvalue weighted by molar-refractivity contribution is 6.07. The Hall–Kier alpha value is -4.48. The first kappa shape index (κ1) is 23.9. The molecule has 0 bridgehead atoms. The minimum atomic E-state index is -4.86. The molecule has 0 spiro atoms. The highest BCUT2D eigenvalue weighted by Gasteiger charge is 2.42. The smallest absolute Gasteiger partial charge is 0.420 e. The van der Waals surface area contributed by atoms with E-state index in [0.717, 1.165) is 18.5 Å². The van der Waals surface area contributed by atoms with Gasteiger partial charge in [0.2, 0.25) is 5.76 Å². The van der Waals surface area contributed by atoms with Crippen molar-refractivity contribution in [2.75, 3.05) is 5.32 Å². The SMILES string of the molecule is CC(C)n1cnnc1-c1cccc(NC(=O)c2oc3cccc(-n4cnc(C5CC5)c4)c3c2C(F)(F)F)n1. The molecule has 1 aromatic carbocycles. The highest BCUT2D eigenvalue weighted by atomic mass is 19.4. The van der Waals surface area contributed by atoms with Crippen molar-refractivity contribution in [1.29, 1.82) is 0 Å². The number of carbonyl (C=O) groups is 1. The maximum absolute atomic E-state index is 14.4. The van der Waals surface area contributed by atoms with Crippen LogP contribution in [0.2, 0.25) is 0 Å². The number of alkyl halides is 3. The number of anilines is 1. The van der Waals surface area contributed by atoms with Crippen molar-refractivity contribution >= 4 is 22.7 Å². The van der Waals surface area contributed by atoms with Crippen LogP contribution in [0.15, 0.2) is 59.7 Å². The zero-order chi connectivity index (χ0) is 26.6. The number of fused-ring (bicyclic) bond motifs is 1. The van der Waals surface area contributed by atoms with Gasteiger partial charge in [-0.25, -0.2) is 9.97 Å². The third kappa shape index (κ3) is 4.21. The van der Waals surface area contributed by atoms with Crippen LogP contribution in [0.5, 0.6) is 0 Å². The van der Waals surface area contributed by atoms with Crippen LogP contribution in [0.1, 0.15) is 60.5 Å². The van der Waals surface area contributed by atoms with Crippen LogP contribution in [0.3, 0.4) is 0 Å². The number of amides is 1. The zero-order valence-corrected chi connectivity index (χ0v) is 20.4. The first-order valence-corrected chi connectivity index (χ1v) is 12.1. The summed E-state index contributed by atoms with van der Waals surface area (Å²) in [6.45, 7) is 3.90. The molecular weight excluding hydrogens is 499 g/mol. The van der Waals surface area contributed by atoms with Crippen molar-refractivity contribution < 1.29 is 22.4 Å². The third-order valence-corrected chi connectivity index (χ3v) is 6.41. The molecule has 0 atom stereocenters. The molecule has 1 saturated carbocycles.